The molecule has 1 aliphatic carbocycles. The summed E-state index contributed by atoms with van der Waals surface area (Å²) in [6.45, 7) is 0. The molecule has 0 atom stereocenters. The Balaban J connectivity index is 1.82. The van der Waals surface area contributed by atoms with Crippen molar-refractivity contribution in [3.8, 4) is 0 Å². The van der Waals surface area contributed by atoms with Gasteiger partial charge in [-0.1, -0.05) is 60.7 Å². The number of benzene rings is 2. The molecule has 1 saturated carbocycles. The Morgan fingerprint density at radius 3 is 2.59 bits per heavy atom. The zero-order chi connectivity index (χ0) is 20.4. The summed E-state index contributed by atoms with van der Waals surface area (Å²) in [6, 6.07) is 13.3. The Kier molecular flexibility index (Phi) is 5.93. The number of halogens is 2. The van der Waals surface area contributed by atoms with Gasteiger partial charge in [-0.3, -0.25) is 4.79 Å². The topological polar surface area (TPSA) is 44.7 Å². The van der Waals surface area contributed by atoms with E-state index in [9.17, 15) is 4.79 Å². The van der Waals surface area contributed by atoms with Gasteiger partial charge in [0.2, 0.25) is 0 Å². The molecule has 0 radical (unpaired) electrons. The van der Waals surface area contributed by atoms with Crippen LogP contribution in [0.25, 0.3) is 0 Å². The van der Waals surface area contributed by atoms with Crippen molar-refractivity contribution in [1.82, 2.24) is 4.90 Å². The summed E-state index contributed by atoms with van der Waals surface area (Å²) >= 11 is 12.7. The summed E-state index contributed by atoms with van der Waals surface area (Å²) in [5.74, 6) is -0.238. The average molecular weight is 428 g/mol. The van der Waals surface area contributed by atoms with Gasteiger partial charge < -0.3 is 10.2 Å². The Morgan fingerprint density at radius 1 is 1.07 bits per heavy atom. The van der Waals surface area contributed by atoms with Crippen LogP contribution in [0, 0.1) is 0 Å². The third-order valence-electron chi connectivity index (χ3n) is 5.56. The highest BCUT2D eigenvalue weighted by Crippen LogP contribution is 2.31. The monoisotopic (exact) mass is 427 g/mol. The highest BCUT2D eigenvalue weighted by Gasteiger charge is 2.24. The first-order valence-corrected chi connectivity index (χ1v) is 10.7. The number of nitrogens with one attached hydrogen (secondary N) is 1. The normalized spacial score (nSPS) is 18.7. The molecule has 0 unspecified atom stereocenters. The smallest absolute Gasteiger partial charge is 0.275 e. The van der Waals surface area contributed by atoms with Crippen LogP contribution in [0.2, 0.25) is 10.0 Å². The number of benzodiazepines with no additional fused rings is 1. The van der Waals surface area contributed by atoms with Gasteiger partial charge >= 0.3 is 0 Å². The predicted molar refractivity (Wildman–Crippen MR) is 120 cm³/mol. The first-order valence-electron chi connectivity index (χ1n) is 9.91. The van der Waals surface area contributed by atoms with Gasteiger partial charge in [0, 0.05) is 40.5 Å². The van der Waals surface area contributed by atoms with E-state index in [2.05, 4.69) is 10.2 Å². The van der Waals surface area contributed by atoms with Gasteiger partial charge in [-0.05, 0) is 37.1 Å². The van der Waals surface area contributed by atoms with Crippen molar-refractivity contribution in [2.75, 3.05) is 12.4 Å². The number of carbonyl (C=O) groups excluding carboxylic acids is 1. The van der Waals surface area contributed by atoms with Crippen LogP contribution in [0.1, 0.15) is 43.2 Å². The zero-order valence-corrected chi connectivity index (χ0v) is 17.8. The Labute approximate surface area is 181 Å². The van der Waals surface area contributed by atoms with Crippen LogP contribution in [0.15, 0.2) is 59.4 Å². The van der Waals surface area contributed by atoms with E-state index in [0.717, 1.165) is 24.0 Å². The molecule has 2 aromatic rings. The molecule has 1 fully saturated rings. The van der Waals surface area contributed by atoms with E-state index in [-0.39, 0.29) is 5.91 Å². The second-order valence-electron chi connectivity index (χ2n) is 7.56. The van der Waals surface area contributed by atoms with Crippen LogP contribution in [0.4, 0.5) is 5.69 Å². The lowest BCUT2D eigenvalue weighted by Crippen LogP contribution is -2.30. The molecule has 1 N–H and O–H groups in total. The molecule has 6 heteroatoms. The van der Waals surface area contributed by atoms with E-state index in [1.807, 2.05) is 43.6 Å². The summed E-state index contributed by atoms with van der Waals surface area (Å²) in [5.41, 5.74) is 3.18. The van der Waals surface area contributed by atoms with Crippen LogP contribution in [-0.4, -0.2) is 29.6 Å². The number of hydrogen-bond donors (Lipinski definition) is 1. The van der Waals surface area contributed by atoms with Crippen molar-refractivity contribution < 1.29 is 4.79 Å². The highest BCUT2D eigenvalue weighted by atomic mass is 35.5. The minimum atomic E-state index is -0.238. The molecule has 150 valence electrons. The van der Waals surface area contributed by atoms with Gasteiger partial charge in [0.05, 0.1) is 11.4 Å². The molecule has 4 nitrogen and oxygen atoms in total. The molecule has 29 heavy (non-hydrogen) atoms. The number of rotatable bonds is 3. The molecule has 0 bridgehead atoms. The molecule has 0 aromatic heterocycles. The standard InChI is InChI=1S/C23H23Cl2N3O/c1-28(16-7-3-2-4-8-16)14-21-23(29)27-20-12-11-15(24)13-18(20)22(26-21)17-9-5-6-10-19(17)25/h5-6,9-14,16H,2-4,7-8H2,1H3,(H,27,29). The van der Waals surface area contributed by atoms with Crippen molar-refractivity contribution >= 4 is 40.5 Å². The lowest BCUT2D eigenvalue weighted by molar-refractivity contribution is -0.112. The van der Waals surface area contributed by atoms with Crippen LogP contribution in [-0.2, 0) is 4.79 Å². The quantitative estimate of drug-likeness (QED) is 0.620. The van der Waals surface area contributed by atoms with Crippen LogP contribution in [0.5, 0.6) is 0 Å². The zero-order valence-electron chi connectivity index (χ0n) is 16.3. The van der Waals surface area contributed by atoms with Crippen molar-refractivity contribution in [2.45, 2.75) is 38.1 Å². The van der Waals surface area contributed by atoms with E-state index in [1.165, 1.54) is 19.3 Å². The van der Waals surface area contributed by atoms with Crippen LogP contribution in [0.3, 0.4) is 0 Å². The number of aliphatic imine (C=N–C) groups is 1. The van der Waals surface area contributed by atoms with Crippen molar-refractivity contribution in [2.24, 2.45) is 4.99 Å². The number of fused-ring (bicyclic) bond motifs is 1. The molecule has 1 aliphatic heterocycles. The van der Waals surface area contributed by atoms with Gasteiger partial charge in [-0.25, -0.2) is 4.99 Å². The van der Waals surface area contributed by atoms with Crippen molar-refractivity contribution in [1.29, 1.82) is 0 Å². The molecular formula is C23H23Cl2N3O. The molecule has 2 aromatic carbocycles. The Hall–Kier alpha value is -2.30. The minimum Gasteiger partial charge on any atom is -0.376 e. The number of nitrogens with zero attached hydrogens (tertiary/aromatic N) is 2. The van der Waals surface area contributed by atoms with Gasteiger partial charge in [-0.2, -0.15) is 0 Å². The van der Waals surface area contributed by atoms with E-state index < -0.39 is 0 Å². The maximum Gasteiger partial charge on any atom is 0.275 e. The van der Waals surface area contributed by atoms with Gasteiger partial charge in [-0.15, -0.1) is 0 Å². The third kappa shape index (κ3) is 4.34. The van der Waals surface area contributed by atoms with Gasteiger partial charge in [0.1, 0.15) is 5.70 Å². The molecule has 0 spiro atoms. The summed E-state index contributed by atoms with van der Waals surface area (Å²) in [7, 11) is 2.02. The van der Waals surface area contributed by atoms with E-state index in [0.29, 0.717) is 33.2 Å². The van der Waals surface area contributed by atoms with Crippen LogP contribution < -0.4 is 5.32 Å². The fourth-order valence-electron chi connectivity index (χ4n) is 3.97. The number of amides is 1. The fourth-order valence-corrected chi connectivity index (χ4v) is 4.37. The number of anilines is 1. The SMILES string of the molecule is CN(C=C1N=C(c2ccccc2Cl)c2cc(Cl)ccc2NC1=O)C1CCCCC1. The molecule has 0 saturated heterocycles. The summed E-state index contributed by atoms with van der Waals surface area (Å²) < 4.78 is 0. The van der Waals surface area contributed by atoms with E-state index in [4.69, 9.17) is 28.2 Å². The summed E-state index contributed by atoms with van der Waals surface area (Å²) in [5, 5.41) is 4.13. The molecule has 1 heterocycles. The fraction of sp³-hybridized carbons (Fsp3) is 0.304. The highest BCUT2D eigenvalue weighted by molar-refractivity contribution is 6.37. The van der Waals surface area contributed by atoms with E-state index in [1.54, 1.807) is 12.1 Å². The predicted octanol–water partition coefficient (Wildman–Crippen LogP) is 5.89. The summed E-state index contributed by atoms with van der Waals surface area (Å²) in [4.78, 5) is 19.9. The summed E-state index contributed by atoms with van der Waals surface area (Å²) in [6.07, 6.45) is 7.87. The number of hydrogen-bond acceptors (Lipinski definition) is 3. The second kappa shape index (κ2) is 8.60. The second-order valence-corrected chi connectivity index (χ2v) is 8.40. The molecule has 1 amide bonds. The molecular weight excluding hydrogens is 405 g/mol. The lowest BCUT2D eigenvalue weighted by Gasteiger charge is -2.30. The maximum absolute atomic E-state index is 13.0. The Morgan fingerprint density at radius 2 is 1.83 bits per heavy atom. The number of carbonyl (C=O) groups is 1. The lowest BCUT2D eigenvalue weighted by atomic mass is 9.95. The van der Waals surface area contributed by atoms with E-state index >= 15 is 0 Å². The minimum absolute atomic E-state index is 0.238. The molecule has 4 rings (SSSR count). The maximum atomic E-state index is 13.0. The largest absolute Gasteiger partial charge is 0.376 e. The van der Waals surface area contributed by atoms with Gasteiger partial charge in [0.15, 0.2) is 0 Å². The third-order valence-corrected chi connectivity index (χ3v) is 6.12. The first-order chi connectivity index (χ1) is 14.0. The van der Waals surface area contributed by atoms with Gasteiger partial charge in [0.25, 0.3) is 5.91 Å². The average Bonchev–Trinajstić information content (AvgIpc) is 2.86. The first kappa shape index (κ1) is 20.0. The molecule has 2 aliphatic rings. The Bertz CT molecular complexity index is 993. The van der Waals surface area contributed by atoms with Crippen molar-refractivity contribution in [3.05, 3.63) is 75.5 Å². The van der Waals surface area contributed by atoms with Crippen LogP contribution >= 0.6 is 23.2 Å². The van der Waals surface area contributed by atoms with Crippen molar-refractivity contribution in [3.63, 3.8) is 0 Å².